The maximum absolute atomic E-state index is 12.6. The second-order valence-corrected chi connectivity index (χ2v) is 5.79. The minimum Gasteiger partial charge on any atom is -0.496 e. The summed E-state index contributed by atoms with van der Waals surface area (Å²) in [6.45, 7) is 19.1. The van der Waals surface area contributed by atoms with Gasteiger partial charge in [-0.25, -0.2) is 13.2 Å². The Hall–Kier alpha value is -1.21. The van der Waals surface area contributed by atoms with Gasteiger partial charge in [0.25, 0.3) is 5.92 Å². The SMILES string of the molecule is C/C=C(\OC(C)C)C(O)C(C)(F)F.CC.CC.CC/C=C(\OCC)C(O)C(C)F. The average Bonchev–Trinajstić information content (AvgIpc) is 2.67. The molecule has 0 aromatic carbocycles. The van der Waals surface area contributed by atoms with Crippen LogP contribution in [0.25, 0.3) is 0 Å². The van der Waals surface area contributed by atoms with Crippen LogP contribution >= 0.6 is 0 Å². The lowest BCUT2D eigenvalue weighted by Gasteiger charge is -2.22. The number of aliphatic hydroxyl groups excluding tert-OH is 2. The fraction of sp³-hybridized carbons (Fsp3) is 0.818. The van der Waals surface area contributed by atoms with Gasteiger partial charge in [-0.2, -0.15) is 0 Å². The zero-order chi connectivity index (χ0) is 24.2. The Morgan fingerprint density at radius 2 is 1.45 bits per heavy atom. The normalized spacial score (nSPS) is 14.8. The lowest BCUT2D eigenvalue weighted by Crippen LogP contribution is -2.33. The summed E-state index contributed by atoms with van der Waals surface area (Å²) in [6, 6.07) is 0. The molecule has 0 heterocycles. The molecular weight excluding hydrogens is 385 g/mol. The van der Waals surface area contributed by atoms with Gasteiger partial charge in [-0.1, -0.05) is 34.6 Å². The predicted molar refractivity (Wildman–Crippen MR) is 116 cm³/mol. The first-order valence-corrected chi connectivity index (χ1v) is 10.5. The molecule has 0 aliphatic heterocycles. The van der Waals surface area contributed by atoms with E-state index in [4.69, 9.17) is 14.6 Å². The highest BCUT2D eigenvalue weighted by atomic mass is 19.3. The number of alkyl halides is 3. The van der Waals surface area contributed by atoms with Crippen molar-refractivity contribution in [2.45, 2.75) is 113 Å². The van der Waals surface area contributed by atoms with Crippen molar-refractivity contribution < 1.29 is 32.9 Å². The molecule has 3 atom stereocenters. The van der Waals surface area contributed by atoms with Gasteiger partial charge in [0.05, 0.1) is 12.7 Å². The third-order valence-electron chi connectivity index (χ3n) is 2.85. The van der Waals surface area contributed by atoms with Crippen molar-refractivity contribution in [3.05, 3.63) is 23.7 Å². The molecule has 0 spiro atoms. The summed E-state index contributed by atoms with van der Waals surface area (Å²) in [7, 11) is 0. The van der Waals surface area contributed by atoms with E-state index in [1.54, 1.807) is 33.8 Å². The highest BCUT2D eigenvalue weighted by Crippen LogP contribution is 2.24. The molecule has 4 nitrogen and oxygen atoms in total. The van der Waals surface area contributed by atoms with Crippen LogP contribution in [0.4, 0.5) is 13.2 Å². The molecule has 0 saturated carbocycles. The first-order chi connectivity index (χ1) is 13.4. The standard InChI is InChI=1S/C9H16F2O2.C9H17FO2.2C2H6/c1-5-7(13-6(2)3)8(12)9(4,10)11;1-4-6-8(12-5-2)9(11)7(3)10;2*1-2/h5-6,8,12H,1-4H3;6-7,9,11H,4-5H2,1-3H3;2*1-2H3/b7-5-;8-6-;;. The van der Waals surface area contributed by atoms with Crippen molar-refractivity contribution in [2.24, 2.45) is 0 Å². The molecule has 0 fully saturated rings. The van der Waals surface area contributed by atoms with E-state index in [2.05, 4.69) is 0 Å². The van der Waals surface area contributed by atoms with Gasteiger partial charge < -0.3 is 19.7 Å². The Labute approximate surface area is 176 Å². The predicted octanol–water partition coefficient (Wildman–Crippen LogP) is 6.42. The number of ether oxygens (including phenoxy) is 2. The molecule has 0 saturated heterocycles. The van der Waals surface area contributed by atoms with Crippen molar-refractivity contribution in [1.29, 1.82) is 0 Å². The molecular formula is C22H45F3O4. The molecule has 0 bridgehead atoms. The first kappa shape index (κ1) is 35.2. The maximum Gasteiger partial charge on any atom is 0.277 e. The van der Waals surface area contributed by atoms with E-state index < -0.39 is 24.3 Å². The van der Waals surface area contributed by atoms with Crippen molar-refractivity contribution in [1.82, 2.24) is 0 Å². The van der Waals surface area contributed by atoms with Crippen molar-refractivity contribution in [3.63, 3.8) is 0 Å². The average molecular weight is 431 g/mol. The van der Waals surface area contributed by atoms with Gasteiger partial charge in [-0.05, 0) is 53.2 Å². The van der Waals surface area contributed by atoms with Gasteiger partial charge in [0.2, 0.25) is 0 Å². The minimum absolute atomic E-state index is 0.0810. The van der Waals surface area contributed by atoms with Gasteiger partial charge in [0.15, 0.2) is 6.10 Å². The lowest BCUT2D eigenvalue weighted by atomic mass is 10.1. The third-order valence-corrected chi connectivity index (χ3v) is 2.85. The van der Waals surface area contributed by atoms with Crippen molar-refractivity contribution in [2.75, 3.05) is 6.61 Å². The van der Waals surface area contributed by atoms with E-state index in [1.165, 1.54) is 13.0 Å². The van der Waals surface area contributed by atoms with Gasteiger partial charge in [-0.15, -0.1) is 0 Å². The Kier molecular flexibility index (Phi) is 26.1. The molecule has 3 unspecified atom stereocenters. The van der Waals surface area contributed by atoms with E-state index in [0.717, 1.165) is 6.42 Å². The van der Waals surface area contributed by atoms with Gasteiger partial charge in [0, 0.05) is 6.92 Å². The monoisotopic (exact) mass is 430 g/mol. The largest absolute Gasteiger partial charge is 0.496 e. The quantitative estimate of drug-likeness (QED) is 0.414. The molecule has 0 radical (unpaired) electrons. The molecule has 7 heteroatoms. The molecule has 0 aromatic rings. The molecule has 178 valence electrons. The van der Waals surface area contributed by atoms with E-state index in [-0.39, 0.29) is 11.9 Å². The first-order valence-electron chi connectivity index (χ1n) is 10.5. The summed E-state index contributed by atoms with van der Waals surface area (Å²) in [4.78, 5) is 0. The van der Waals surface area contributed by atoms with Crippen LogP contribution in [0.15, 0.2) is 23.7 Å². The van der Waals surface area contributed by atoms with E-state index in [1.807, 2.05) is 34.6 Å². The van der Waals surface area contributed by atoms with Crippen LogP contribution in [-0.4, -0.2) is 47.2 Å². The van der Waals surface area contributed by atoms with Crippen LogP contribution < -0.4 is 0 Å². The fourth-order valence-corrected chi connectivity index (χ4v) is 1.67. The molecule has 0 rings (SSSR count). The molecule has 0 aliphatic rings. The number of aliphatic hydroxyl groups is 2. The van der Waals surface area contributed by atoms with E-state index >= 15 is 0 Å². The Bertz CT molecular complexity index is 403. The van der Waals surface area contributed by atoms with Crippen LogP contribution in [0, 0.1) is 0 Å². The summed E-state index contributed by atoms with van der Waals surface area (Å²) in [5.74, 6) is -2.91. The molecule has 0 aromatic heterocycles. The van der Waals surface area contributed by atoms with E-state index in [9.17, 15) is 18.3 Å². The van der Waals surface area contributed by atoms with Gasteiger partial charge in [-0.3, -0.25) is 0 Å². The minimum atomic E-state index is -3.17. The highest BCUT2D eigenvalue weighted by Gasteiger charge is 2.36. The van der Waals surface area contributed by atoms with Crippen LogP contribution in [0.3, 0.4) is 0 Å². The summed E-state index contributed by atoms with van der Waals surface area (Å²) >= 11 is 0. The number of allylic oxidation sites excluding steroid dienone is 2. The topological polar surface area (TPSA) is 58.9 Å². The van der Waals surface area contributed by atoms with Crippen LogP contribution in [0.5, 0.6) is 0 Å². The number of rotatable bonds is 9. The van der Waals surface area contributed by atoms with Crippen LogP contribution in [-0.2, 0) is 9.47 Å². The van der Waals surface area contributed by atoms with Crippen LogP contribution in [0.1, 0.15) is 82.6 Å². The van der Waals surface area contributed by atoms with Gasteiger partial charge >= 0.3 is 0 Å². The molecule has 0 amide bonds. The fourth-order valence-electron chi connectivity index (χ4n) is 1.67. The van der Waals surface area contributed by atoms with Crippen molar-refractivity contribution >= 4 is 0 Å². The van der Waals surface area contributed by atoms with Gasteiger partial charge in [0.1, 0.15) is 23.8 Å². The smallest absolute Gasteiger partial charge is 0.277 e. The Morgan fingerprint density at radius 3 is 1.69 bits per heavy atom. The third kappa shape index (κ3) is 19.9. The summed E-state index contributed by atoms with van der Waals surface area (Å²) in [5.41, 5.74) is 0. The Morgan fingerprint density at radius 1 is 1.00 bits per heavy atom. The number of halogens is 3. The Balaban J connectivity index is -0.000000184. The highest BCUT2D eigenvalue weighted by molar-refractivity contribution is 5.03. The van der Waals surface area contributed by atoms with E-state index in [0.29, 0.717) is 19.3 Å². The molecule has 2 N–H and O–H groups in total. The second kappa shape index (κ2) is 21.5. The number of hydrogen-bond acceptors (Lipinski definition) is 4. The molecule has 0 aliphatic carbocycles. The lowest BCUT2D eigenvalue weighted by molar-refractivity contribution is -0.0999. The maximum atomic E-state index is 12.6. The zero-order valence-electron chi connectivity index (χ0n) is 20.2. The van der Waals surface area contributed by atoms with Crippen molar-refractivity contribution in [3.8, 4) is 0 Å². The zero-order valence-corrected chi connectivity index (χ0v) is 20.2. The summed E-state index contributed by atoms with van der Waals surface area (Å²) in [5, 5.41) is 18.4. The number of hydrogen-bond donors (Lipinski definition) is 2. The van der Waals surface area contributed by atoms with Crippen LogP contribution in [0.2, 0.25) is 0 Å². The molecule has 29 heavy (non-hydrogen) atoms. The summed E-state index contributed by atoms with van der Waals surface area (Å²) in [6.07, 6.45) is -0.701. The summed E-state index contributed by atoms with van der Waals surface area (Å²) < 4.78 is 48.0. The second-order valence-electron chi connectivity index (χ2n) is 5.79.